The van der Waals surface area contributed by atoms with Gasteiger partial charge in [-0.3, -0.25) is 4.79 Å². The number of nitrogens with zero attached hydrogens (tertiary/aromatic N) is 3. The quantitative estimate of drug-likeness (QED) is 0.796. The minimum atomic E-state index is -0.0801. The Bertz CT molecular complexity index is 447. The van der Waals surface area contributed by atoms with Crippen LogP contribution in [0, 0.1) is 0 Å². The highest BCUT2D eigenvalue weighted by Crippen LogP contribution is 2.11. The molecule has 0 unspecified atom stereocenters. The zero-order chi connectivity index (χ0) is 10.7. The Morgan fingerprint density at radius 2 is 2.07 bits per heavy atom. The molecule has 1 aromatic carbocycles. The van der Waals surface area contributed by atoms with E-state index in [9.17, 15) is 4.79 Å². The molecule has 0 spiro atoms. The van der Waals surface area contributed by atoms with Crippen molar-refractivity contribution in [2.24, 2.45) is 0 Å². The molecule has 0 bridgehead atoms. The fourth-order valence-corrected chi connectivity index (χ4v) is 1.24. The zero-order valence-corrected chi connectivity index (χ0v) is 8.21. The molecule has 0 saturated carbocycles. The van der Waals surface area contributed by atoms with Crippen LogP contribution in [0.1, 0.15) is 6.92 Å². The molecule has 1 amide bonds. The lowest BCUT2D eigenvalue weighted by Crippen LogP contribution is -2.05. The summed E-state index contributed by atoms with van der Waals surface area (Å²) in [4.78, 5) is 14.6. The fourth-order valence-electron chi connectivity index (χ4n) is 1.24. The van der Waals surface area contributed by atoms with Crippen molar-refractivity contribution >= 4 is 11.6 Å². The molecule has 1 heterocycles. The Hall–Kier alpha value is -2.17. The summed E-state index contributed by atoms with van der Waals surface area (Å²) >= 11 is 0. The lowest BCUT2D eigenvalue weighted by molar-refractivity contribution is -0.114. The third kappa shape index (κ3) is 2.19. The molecule has 0 fully saturated rings. The van der Waals surface area contributed by atoms with Gasteiger partial charge in [0.15, 0.2) is 0 Å². The van der Waals surface area contributed by atoms with Gasteiger partial charge in [-0.1, -0.05) is 0 Å². The van der Waals surface area contributed by atoms with E-state index < -0.39 is 0 Å². The predicted molar refractivity (Wildman–Crippen MR) is 55.7 cm³/mol. The van der Waals surface area contributed by atoms with E-state index in [0.717, 1.165) is 11.4 Å². The normalized spacial score (nSPS) is 9.93. The highest BCUT2D eigenvalue weighted by molar-refractivity contribution is 5.88. The van der Waals surface area contributed by atoms with Gasteiger partial charge in [-0.05, 0) is 24.3 Å². The summed E-state index contributed by atoms with van der Waals surface area (Å²) in [5, 5.41) is 6.69. The number of aromatic nitrogens is 3. The van der Waals surface area contributed by atoms with Crippen molar-refractivity contribution in [1.29, 1.82) is 0 Å². The third-order valence-corrected chi connectivity index (χ3v) is 1.87. The minimum Gasteiger partial charge on any atom is -0.326 e. The highest BCUT2D eigenvalue weighted by Gasteiger charge is 1.98. The maximum Gasteiger partial charge on any atom is 0.221 e. The van der Waals surface area contributed by atoms with Crippen LogP contribution in [-0.4, -0.2) is 20.7 Å². The number of amides is 1. The maximum absolute atomic E-state index is 10.8. The molecular formula is C10H10N4O. The minimum absolute atomic E-state index is 0.0801. The molecule has 0 aliphatic rings. The van der Waals surface area contributed by atoms with Gasteiger partial charge in [-0.2, -0.15) is 5.10 Å². The number of carbonyl (C=O) groups excluding carboxylic acids is 1. The maximum atomic E-state index is 10.8. The first-order valence-electron chi connectivity index (χ1n) is 4.48. The average molecular weight is 202 g/mol. The number of hydrogen-bond acceptors (Lipinski definition) is 3. The van der Waals surface area contributed by atoms with E-state index in [0.29, 0.717) is 0 Å². The summed E-state index contributed by atoms with van der Waals surface area (Å²) in [6.45, 7) is 1.48. The van der Waals surface area contributed by atoms with Crippen molar-refractivity contribution in [3.63, 3.8) is 0 Å². The molecule has 5 heteroatoms. The van der Waals surface area contributed by atoms with Gasteiger partial charge in [-0.25, -0.2) is 9.67 Å². The second-order valence-electron chi connectivity index (χ2n) is 3.07. The van der Waals surface area contributed by atoms with Crippen LogP contribution in [0.5, 0.6) is 0 Å². The molecule has 15 heavy (non-hydrogen) atoms. The van der Waals surface area contributed by atoms with E-state index in [1.165, 1.54) is 13.3 Å². The molecule has 0 atom stereocenters. The van der Waals surface area contributed by atoms with Gasteiger partial charge < -0.3 is 5.32 Å². The smallest absolute Gasteiger partial charge is 0.221 e. The SMILES string of the molecule is CC(=O)Nc1ccc(-n2cncn2)cc1. The second-order valence-corrected chi connectivity index (χ2v) is 3.07. The van der Waals surface area contributed by atoms with E-state index in [2.05, 4.69) is 15.4 Å². The number of benzene rings is 1. The summed E-state index contributed by atoms with van der Waals surface area (Å²) in [5.74, 6) is -0.0801. The van der Waals surface area contributed by atoms with Gasteiger partial charge in [0.2, 0.25) is 5.91 Å². The average Bonchev–Trinajstić information content (AvgIpc) is 2.71. The van der Waals surface area contributed by atoms with Gasteiger partial charge in [0.1, 0.15) is 12.7 Å². The van der Waals surface area contributed by atoms with Crippen LogP contribution in [0.2, 0.25) is 0 Å². The van der Waals surface area contributed by atoms with Crippen LogP contribution < -0.4 is 5.32 Å². The van der Waals surface area contributed by atoms with Crippen molar-refractivity contribution in [2.75, 3.05) is 5.32 Å². The number of rotatable bonds is 2. The van der Waals surface area contributed by atoms with Crippen LogP contribution in [0.15, 0.2) is 36.9 Å². The molecule has 1 aromatic heterocycles. The number of anilines is 1. The highest BCUT2D eigenvalue weighted by atomic mass is 16.1. The van der Waals surface area contributed by atoms with Gasteiger partial charge in [0.05, 0.1) is 5.69 Å². The van der Waals surface area contributed by atoms with Gasteiger partial charge >= 0.3 is 0 Å². The fraction of sp³-hybridized carbons (Fsp3) is 0.100. The largest absolute Gasteiger partial charge is 0.326 e. The molecule has 0 aliphatic carbocycles. The topological polar surface area (TPSA) is 59.8 Å². The number of nitrogens with one attached hydrogen (secondary N) is 1. The van der Waals surface area contributed by atoms with Crippen LogP contribution in [0.3, 0.4) is 0 Å². The Kier molecular flexibility index (Phi) is 2.45. The summed E-state index contributed by atoms with van der Waals surface area (Å²) < 4.78 is 1.65. The molecule has 76 valence electrons. The van der Waals surface area contributed by atoms with Crippen molar-refractivity contribution in [3.05, 3.63) is 36.9 Å². The summed E-state index contributed by atoms with van der Waals surface area (Å²) in [5.41, 5.74) is 1.67. The molecule has 0 radical (unpaired) electrons. The molecule has 1 N–H and O–H groups in total. The molecular weight excluding hydrogens is 192 g/mol. The van der Waals surface area contributed by atoms with E-state index in [-0.39, 0.29) is 5.91 Å². The second kappa shape index (κ2) is 3.91. The Morgan fingerprint density at radius 3 is 2.60 bits per heavy atom. The molecule has 2 aromatic rings. The number of hydrogen-bond donors (Lipinski definition) is 1. The van der Waals surface area contributed by atoms with Crippen molar-refractivity contribution in [1.82, 2.24) is 14.8 Å². The van der Waals surface area contributed by atoms with Crippen LogP contribution >= 0.6 is 0 Å². The molecule has 2 rings (SSSR count). The van der Waals surface area contributed by atoms with Gasteiger partial charge in [-0.15, -0.1) is 0 Å². The third-order valence-electron chi connectivity index (χ3n) is 1.87. The van der Waals surface area contributed by atoms with Crippen LogP contribution in [-0.2, 0) is 4.79 Å². The van der Waals surface area contributed by atoms with Gasteiger partial charge in [0, 0.05) is 12.6 Å². The predicted octanol–water partition coefficient (Wildman–Crippen LogP) is 1.23. The first kappa shape index (κ1) is 9.39. The molecule has 0 aliphatic heterocycles. The van der Waals surface area contributed by atoms with E-state index in [4.69, 9.17) is 0 Å². The van der Waals surface area contributed by atoms with E-state index in [1.807, 2.05) is 24.3 Å². The Morgan fingerprint density at radius 1 is 1.33 bits per heavy atom. The first-order chi connectivity index (χ1) is 7.25. The molecule has 5 nitrogen and oxygen atoms in total. The summed E-state index contributed by atoms with van der Waals surface area (Å²) in [7, 11) is 0. The van der Waals surface area contributed by atoms with Crippen molar-refractivity contribution in [3.8, 4) is 5.69 Å². The summed E-state index contributed by atoms with van der Waals surface area (Å²) in [6, 6.07) is 7.36. The van der Waals surface area contributed by atoms with Crippen LogP contribution in [0.25, 0.3) is 5.69 Å². The Labute approximate surface area is 86.8 Å². The number of carbonyl (C=O) groups is 1. The summed E-state index contributed by atoms with van der Waals surface area (Å²) in [6.07, 6.45) is 3.09. The zero-order valence-electron chi connectivity index (χ0n) is 8.21. The first-order valence-corrected chi connectivity index (χ1v) is 4.48. The lowest BCUT2D eigenvalue weighted by Gasteiger charge is -2.03. The monoisotopic (exact) mass is 202 g/mol. The van der Waals surface area contributed by atoms with Crippen molar-refractivity contribution in [2.45, 2.75) is 6.92 Å². The van der Waals surface area contributed by atoms with Crippen LogP contribution in [0.4, 0.5) is 5.69 Å². The molecule has 0 saturated heterocycles. The van der Waals surface area contributed by atoms with E-state index >= 15 is 0 Å². The Balaban J connectivity index is 2.21. The van der Waals surface area contributed by atoms with E-state index in [1.54, 1.807) is 11.0 Å². The standard InChI is InChI=1S/C10H10N4O/c1-8(15)13-9-2-4-10(5-3-9)14-7-11-6-12-14/h2-7H,1H3,(H,13,15). The van der Waals surface area contributed by atoms with Gasteiger partial charge in [0.25, 0.3) is 0 Å². The van der Waals surface area contributed by atoms with Crippen molar-refractivity contribution < 1.29 is 4.79 Å². The lowest BCUT2D eigenvalue weighted by atomic mass is 10.3.